The molecule has 5 heteroatoms. The predicted octanol–water partition coefficient (Wildman–Crippen LogP) is 3.00. The maximum Gasteiger partial charge on any atom is 0.242 e. The molecule has 3 rings (SSSR count). The molecule has 1 saturated heterocycles. The Morgan fingerprint density at radius 2 is 1.47 bits per heavy atom. The van der Waals surface area contributed by atoms with Crippen LogP contribution >= 0.6 is 0 Å². The van der Waals surface area contributed by atoms with Crippen LogP contribution in [0.25, 0.3) is 0 Å². The molecule has 0 aromatic heterocycles. The van der Waals surface area contributed by atoms with E-state index in [2.05, 4.69) is 76.3 Å². The fourth-order valence-electron chi connectivity index (χ4n) is 4.20. The van der Waals surface area contributed by atoms with E-state index in [4.69, 9.17) is 0 Å². The van der Waals surface area contributed by atoms with Gasteiger partial charge in [-0.3, -0.25) is 19.5 Å². The van der Waals surface area contributed by atoms with Crippen molar-refractivity contribution in [1.82, 2.24) is 20.0 Å². The van der Waals surface area contributed by atoms with Crippen molar-refractivity contribution in [3.8, 4) is 0 Å². The van der Waals surface area contributed by atoms with Crippen LogP contribution in [0.2, 0.25) is 0 Å². The Morgan fingerprint density at radius 3 is 2.07 bits per heavy atom. The second-order valence-corrected chi connectivity index (χ2v) is 7.93. The number of nitrogens with one attached hydrogen (secondary N) is 1. The van der Waals surface area contributed by atoms with Crippen LogP contribution in [0.4, 0.5) is 0 Å². The molecule has 1 aliphatic heterocycles. The van der Waals surface area contributed by atoms with Gasteiger partial charge in [-0.15, -0.1) is 0 Å². The van der Waals surface area contributed by atoms with E-state index in [0.29, 0.717) is 6.54 Å². The van der Waals surface area contributed by atoms with Crippen molar-refractivity contribution in [2.45, 2.75) is 26.4 Å². The first kappa shape index (κ1) is 22.5. The molecule has 162 valence electrons. The quantitative estimate of drug-likeness (QED) is 0.656. The van der Waals surface area contributed by atoms with Gasteiger partial charge in [-0.2, -0.15) is 0 Å². The minimum absolute atomic E-state index is 0.104. The Labute approximate surface area is 181 Å². The first-order valence-corrected chi connectivity index (χ1v) is 11.3. The third-order valence-electron chi connectivity index (χ3n) is 5.98. The van der Waals surface area contributed by atoms with Crippen LogP contribution in [0.1, 0.15) is 31.0 Å². The minimum Gasteiger partial charge on any atom is -0.353 e. The van der Waals surface area contributed by atoms with E-state index in [1.54, 1.807) is 0 Å². The van der Waals surface area contributed by atoms with E-state index < -0.39 is 0 Å². The summed E-state index contributed by atoms with van der Waals surface area (Å²) in [6.45, 7) is 12.8. The lowest BCUT2D eigenvalue weighted by Gasteiger charge is -2.35. The number of piperazine rings is 1. The van der Waals surface area contributed by atoms with Gasteiger partial charge in [-0.1, -0.05) is 74.5 Å². The Balaban J connectivity index is 1.44. The summed E-state index contributed by atoms with van der Waals surface area (Å²) in [6.07, 6.45) is 0. The Kier molecular flexibility index (Phi) is 8.87. The molecule has 2 aromatic rings. The highest BCUT2D eigenvalue weighted by atomic mass is 16.2. The van der Waals surface area contributed by atoms with Gasteiger partial charge in [-0.25, -0.2) is 0 Å². The van der Waals surface area contributed by atoms with Gasteiger partial charge in [0.2, 0.25) is 5.91 Å². The molecular formula is C25H36N4O. The van der Waals surface area contributed by atoms with Crippen molar-refractivity contribution in [2.75, 3.05) is 52.4 Å². The molecule has 0 radical (unpaired) electrons. The van der Waals surface area contributed by atoms with Crippen LogP contribution in [0.5, 0.6) is 0 Å². The van der Waals surface area contributed by atoms with Crippen molar-refractivity contribution in [1.29, 1.82) is 0 Å². The SMILES string of the molecule is CCN(CC)C(C(=O)NCCN1CCN(Cc2ccccc2)CC1)c1ccccc1. The summed E-state index contributed by atoms with van der Waals surface area (Å²) in [5, 5.41) is 3.19. The Hall–Kier alpha value is -2.21. The van der Waals surface area contributed by atoms with Crippen LogP contribution in [-0.4, -0.2) is 73.0 Å². The molecule has 0 saturated carbocycles. The van der Waals surface area contributed by atoms with Crippen molar-refractivity contribution in [3.05, 3.63) is 71.8 Å². The van der Waals surface area contributed by atoms with Crippen molar-refractivity contribution < 1.29 is 4.79 Å². The summed E-state index contributed by atoms with van der Waals surface area (Å²) in [4.78, 5) is 20.2. The molecule has 0 aliphatic carbocycles. The average molecular weight is 409 g/mol. The minimum atomic E-state index is -0.219. The van der Waals surface area contributed by atoms with Gasteiger partial charge in [0.1, 0.15) is 6.04 Å². The zero-order valence-corrected chi connectivity index (χ0v) is 18.5. The number of rotatable bonds is 10. The monoisotopic (exact) mass is 408 g/mol. The van der Waals surface area contributed by atoms with Crippen LogP contribution < -0.4 is 5.32 Å². The van der Waals surface area contributed by atoms with E-state index in [9.17, 15) is 4.79 Å². The number of likely N-dealkylation sites (N-methyl/N-ethyl adjacent to an activating group) is 1. The number of nitrogens with zero attached hydrogens (tertiary/aromatic N) is 3. The van der Waals surface area contributed by atoms with Crippen molar-refractivity contribution in [3.63, 3.8) is 0 Å². The lowest BCUT2D eigenvalue weighted by molar-refractivity contribution is -0.126. The van der Waals surface area contributed by atoms with Gasteiger partial charge in [-0.05, 0) is 24.2 Å². The normalized spacial score (nSPS) is 16.5. The fraction of sp³-hybridized carbons (Fsp3) is 0.480. The maximum atomic E-state index is 13.0. The summed E-state index contributed by atoms with van der Waals surface area (Å²) in [6, 6.07) is 20.6. The molecule has 1 fully saturated rings. The summed E-state index contributed by atoms with van der Waals surface area (Å²) >= 11 is 0. The van der Waals surface area contributed by atoms with Crippen molar-refractivity contribution >= 4 is 5.91 Å². The Bertz CT molecular complexity index is 740. The van der Waals surface area contributed by atoms with E-state index in [1.807, 2.05) is 18.2 Å². The zero-order valence-electron chi connectivity index (χ0n) is 18.5. The summed E-state index contributed by atoms with van der Waals surface area (Å²) in [5.41, 5.74) is 2.44. The second kappa shape index (κ2) is 11.8. The lowest BCUT2D eigenvalue weighted by atomic mass is 10.0. The number of carbonyl (C=O) groups is 1. The van der Waals surface area contributed by atoms with E-state index in [0.717, 1.165) is 57.9 Å². The number of benzene rings is 2. The fourth-order valence-corrected chi connectivity index (χ4v) is 4.20. The molecule has 1 N–H and O–H groups in total. The molecular weight excluding hydrogens is 372 g/mol. The van der Waals surface area contributed by atoms with Gasteiger partial charge >= 0.3 is 0 Å². The number of hydrogen-bond acceptors (Lipinski definition) is 4. The standard InChI is InChI=1S/C25H36N4O/c1-3-29(4-2)24(23-13-9-6-10-14-23)25(30)26-15-16-27-17-19-28(20-18-27)21-22-11-7-5-8-12-22/h5-14,24H,3-4,15-21H2,1-2H3,(H,26,30). The highest BCUT2D eigenvalue weighted by Gasteiger charge is 2.25. The second-order valence-electron chi connectivity index (χ2n) is 7.93. The van der Waals surface area contributed by atoms with Crippen LogP contribution in [0.15, 0.2) is 60.7 Å². The summed E-state index contributed by atoms with van der Waals surface area (Å²) < 4.78 is 0. The third-order valence-corrected chi connectivity index (χ3v) is 5.98. The highest BCUT2D eigenvalue weighted by molar-refractivity contribution is 5.83. The number of carbonyl (C=O) groups excluding carboxylic acids is 1. The predicted molar refractivity (Wildman–Crippen MR) is 123 cm³/mol. The van der Waals surface area contributed by atoms with Gasteiger partial charge in [0, 0.05) is 45.8 Å². The molecule has 0 spiro atoms. The smallest absolute Gasteiger partial charge is 0.242 e. The zero-order chi connectivity index (χ0) is 21.2. The van der Waals surface area contributed by atoms with Crippen LogP contribution in [-0.2, 0) is 11.3 Å². The first-order chi connectivity index (χ1) is 14.7. The van der Waals surface area contributed by atoms with Gasteiger partial charge < -0.3 is 5.32 Å². The number of hydrogen-bond donors (Lipinski definition) is 1. The van der Waals surface area contributed by atoms with Crippen molar-refractivity contribution in [2.24, 2.45) is 0 Å². The van der Waals surface area contributed by atoms with E-state index >= 15 is 0 Å². The molecule has 30 heavy (non-hydrogen) atoms. The molecule has 1 atom stereocenters. The summed E-state index contributed by atoms with van der Waals surface area (Å²) in [7, 11) is 0. The molecule has 2 aromatic carbocycles. The van der Waals surface area contributed by atoms with Gasteiger partial charge in [0.15, 0.2) is 0 Å². The Morgan fingerprint density at radius 1 is 0.900 bits per heavy atom. The van der Waals surface area contributed by atoms with Crippen LogP contribution in [0.3, 0.4) is 0 Å². The molecule has 1 heterocycles. The first-order valence-electron chi connectivity index (χ1n) is 11.3. The van der Waals surface area contributed by atoms with E-state index in [1.165, 1.54) is 5.56 Å². The number of amides is 1. The van der Waals surface area contributed by atoms with Gasteiger partial charge in [0.05, 0.1) is 0 Å². The topological polar surface area (TPSA) is 38.8 Å². The molecule has 5 nitrogen and oxygen atoms in total. The average Bonchev–Trinajstić information content (AvgIpc) is 2.79. The maximum absolute atomic E-state index is 13.0. The van der Waals surface area contributed by atoms with Gasteiger partial charge in [0.25, 0.3) is 0 Å². The lowest BCUT2D eigenvalue weighted by Crippen LogP contribution is -2.49. The molecule has 1 aliphatic rings. The summed E-state index contributed by atoms with van der Waals surface area (Å²) in [5.74, 6) is 0.104. The third kappa shape index (κ3) is 6.39. The molecule has 0 bridgehead atoms. The van der Waals surface area contributed by atoms with Crippen LogP contribution in [0, 0.1) is 0 Å². The van der Waals surface area contributed by atoms with E-state index in [-0.39, 0.29) is 11.9 Å². The molecule has 1 amide bonds. The largest absolute Gasteiger partial charge is 0.353 e. The molecule has 1 unspecified atom stereocenters. The highest BCUT2D eigenvalue weighted by Crippen LogP contribution is 2.20.